The van der Waals surface area contributed by atoms with Gasteiger partial charge in [-0.25, -0.2) is 9.78 Å². The second kappa shape index (κ2) is 8.20. The molecule has 29 heavy (non-hydrogen) atoms. The molecule has 3 aliphatic rings. The van der Waals surface area contributed by atoms with Crippen LogP contribution in [0.5, 0.6) is 0 Å². The van der Waals surface area contributed by atoms with E-state index < -0.39 is 0 Å². The van der Waals surface area contributed by atoms with Gasteiger partial charge < -0.3 is 14.5 Å². The summed E-state index contributed by atoms with van der Waals surface area (Å²) < 4.78 is 5.72. The summed E-state index contributed by atoms with van der Waals surface area (Å²) in [4.78, 5) is 23.7. The zero-order chi connectivity index (χ0) is 20.4. The Bertz CT molecular complexity index is 824. The van der Waals surface area contributed by atoms with Crippen molar-refractivity contribution in [1.82, 2.24) is 14.8 Å². The number of rotatable bonds is 2. The molecule has 154 valence electrons. The number of ether oxygens (including phenoxy) is 1. The van der Waals surface area contributed by atoms with Gasteiger partial charge >= 0.3 is 6.03 Å². The van der Waals surface area contributed by atoms with E-state index in [1.807, 2.05) is 41.4 Å². The van der Waals surface area contributed by atoms with Gasteiger partial charge in [0.1, 0.15) is 5.82 Å². The van der Waals surface area contributed by atoms with E-state index in [-0.39, 0.29) is 17.5 Å². The summed E-state index contributed by atoms with van der Waals surface area (Å²) in [5, 5.41) is 0.584. The number of carbonyl (C=O) groups is 1. The lowest BCUT2D eigenvalue weighted by molar-refractivity contribution is -0.00859. The van der Waals surface area contributed by atoms with E-state index in [4.69, 9.17) is 16.3 Å². The Morgan fingerprint density at radius 2 is 2.10 bits per heavy atom. The van der Waals surface area contributed by atoms with Crippen molar-refractivity contribution in [3.8, 4) is 0 Å². The zero-order valence-electron chi connectivity index (χ0n) is 16.8. The Labute approximate surface area is 177 Å². The van der Waals surface area contributed by atoms with Crippen LogP contribution < -0.4 is 4.90 Å². The molecule has 0 bridgehead atoms. The number of likely N-dealkylation sites (tertiary alicyclic amines) is 1. The smallest absolute Gasteiger partial charge is 0.324 e. The van der Waals surface area contributed by atoms with E-state index in [0.717, 1.165) is 38.4 Å². The maximum absolute atomic E-state index is 13.3. The van der Waals surface area contributed by atoms with E-state index in [0.29, 0.717) is 23.9 Å². The van der Waals surface area contributed by atoms with Crippen molar-refractivity contribution < 1.29 is 9.53 Å². The molecule has 6 nitrogen and oxygen atoms in total. The standard InChI is InChI=1S/C22H27ClN4O2/c1-3-19-12-29-11-9-18(23)8-7-17(2)27(19)21(28)26-15-22(16-26)13-25(14-22)20-6-4-5-10-24-20/h4-10,19H,2-3,11-16H2,1H3/b8-7-,18-9+. The monoisotopic (exact) mass is 414 g/mol. The third-order valence-corrected chi connectivity index (χ3v) is 6.12. The van der Waals surface area contributed by atoms with Crippen LogP contribution in [-0.4, -0.2) is 66.2 Å². The molecule has 0 radical (unpaired) electrons. The fourth-order valence-electron chi connectivity index (χ4n) is 4.27. The molecule has 4 heterocycles. The van der Waals surface area contributed by atoms with E-state index in [2.05, 4.69) is 23.4 Å². The van der Waals surface area contributed by atoms with Crippen LogP contribution in [0.4, 0.5) is 10.6 Å². The highest BCUT2D eigenvalue weighted by Crippen LogP contribution is 2.42. The van der Waals surface area contributed by atoms with Crippen molar-refractivity contribution in [2.24, 2.45) is 5.41 Å². The number of halogens is 1. The van der Waals surface area contributed by atoms with Gasteiger partial charge in [-0.3, -0.25) is 4.90 Å². The van der Waals surface area contributed by atoms with Gasteiger partial charge in [0.15, 0.2) is 0 Å². The minimum Gasteiger partial charge on any atom is -0.375 e. The molecule has 7 heteroatoms. The molecule has 1 aromatic rings. The van der Waals surface area contributed by atoms with E-state index in [1.165, 1.54) is 0 Å². The van der Waals surface area contributed by atoms with Crippen molar-refractivity contribution >= 4 is 23.4 Å². The van der Waals surface area contributed by atoms with Crippen LogP contribution in [-0.2, 0) is 4.74 Å². The summed E-state index contributed by atoms with van der Waals surface area (Å²) in [7, 11) is 0. The van der Waals surface area contributed by atoms with Crippen molar-refractivity contribution in [3.63, 3.8) is 0 Å². The Morgan fingerprint density at radius 1 is 1.31 bits per heavy atom. The Kier molecular flexibility index (Phi) is 5.65. The van der Waals surface area contributed by atoms with Crippen LogP contribution >= 0.6 is 11.6 Å². The summed E-state index contributed by atoms with van der Waals surface area (Å²) in [6.45, 7) is 10.5. The summed E-state index contributed by atoms with van der Waals surface area (Å²) in [6, 6.07) is 5.91. The van der Waals surface area contributed by atoms with Gasteiger partial charge in [0.2, 0.25) is 0 Å². The molecule has 0 aliphatic carbocycles. The van der Waals surface area contributed by atoms with Crippen molar-refractivity contribution in [3.05, 3.63) is 59.9 Å². The van der Waals surface area contributed by atoms with Gasteiger partial charge in [-0.2, -0.15) is 0 Å². The number of carbonyl (C=O) groups excluding carboxylic acids is 1. The molecule has 0 aromatic carbocycles. The fraction of sp³-hybridized carbons (Fsp3) is 0.455. The molecule has 1 atom stereocenters. The number of hydrogen-bond donors (Lipinski definition) is 0. The first-order valence-corrected chi connectivity index (χ1v) is 10.4. The van der Waals surface area contributed by atoms with Crippen molar-refractivity contribution in [2.45, 2.75) is 19.4 Å². The number of pyridine rings is 1. The second-order valence-electron chi connectivity index (χ2n) is 8.07. The van der Waals surface area contributed by atoms with E-state index in [1.54, 1.807) is 11.0 Å². The summed E-state index contributed by atoms with van der Waals surface area (Å²) >= 11 is 6.14. The summed E-state index contributed by atoms with van der Waals surface area (Å²) in [5.41, 5.74) is 0.828. The number of hydrogen-bond acceptors (Lipinski definition) is 4. The Balaban J connectivity index is 1.40. The molecule has 0 N–H and O–H groups in total. The number of nitrogens with zero attached hydrogens (tertiary/aromatic N) is 4. The molecule has 2 amide bonds. The van der Waals surface area contributed by atoms with Crippen molar-refractivity contribution in [2.75, 3.05) is 44.3 Å². The zero-order valence-corrected chi connectivity index (χ0v) is 17.5. The first-order chi connectivity index (χ1) is 14.0. The number of allylic oxidation sites excluding steroid dienone is 3. The van der Waals surface area contributed by atoms with Crippen LogP contribution in [0.15, 0.2) is 59.9 Å². The van der Waals surface area contributed by atoms with Gasteiger partial charge in [0, 0.05) is 48.5 Å². The highest BCUT2D eigenvalue weighted by Gasteiger charge is 2.54. The average molecular weight is 415 g/mol. The summed E-state index contributed by atoms with van der Waals surface area (Å²) in [5.74, 6) is 1.01. The number of urea groups is 1. The van der Waals surface area contributed by atoms with Crippen LogP contribution in [0.3, 0.4) is 0 Å². The quantitative estimate of drug-likeness (QED) is 0.741. The Morgan fingerprint density at radius 3 is 2.79 bits per heavy atom. The average Bonchev–Trinajstić information content (AvgIpc) is 2.66. The molecule has 3 aliphatic heterocycles. The predicted molar refractivity (Wildman–Crippen MR) is 115 cm³/mol. The maximum atomic E-state index is 13.3. The molecule has 1 unspecified atom stereocenters. The SMILES string of the molecule is C=C1/C=C\C(Cl)=C/COCC(CC)N1C(=O)N1CC2(C1)CN(c1ccccn1)C2. The number of amides is 2. The molecule has 1 aromatic heterocycles. The molecule has 2 fully saturated rings. The van der Waals surface area contributed by atoms with Crippen LogP contribution in [0.25, 0.3) is 0 Å². The Hall–Kier alpha value is -2.31. The highest BCUT2D eigenvalue weighted by molar-refractivity contribution is 6.31. The van der Waals surface area contributed by atoms with Gasteiger partial charge in [0.25, 0.3) is 0 Å². The molecule has 1 spiro atoms. The van der Waals surface area contributed by atoms with Gasteiger partial charge in [-0.05, 0) is 36.8 Å². The van der Waals surface area contributed by atoms with Gasteiger partial charge in [0.05, 0.1) is 19.3 Å². The molecule has 4 rings (SSSR count). The lowest BCUT2D eigenvalue weighted by atomic mass is 9.73. The minimum absolute atomic E-state index is 0.00214. The molecule has 2 saturated heterocycles. The first kappa shape index (κ1) is 20.0. The van der Waals surface area contributed by atoms with Crippen LogP contribution in [0, 0.1) is 5.41 Å². The predicted octanol–water partition coefficient (Wildman–Crippen LogP) is 3.63. The number of aromatic nitrogens is 1. The third kappa shape index (κ3) is 4.05. The molecule has 0 saturated carbocycles. The maximum Gasteiger partial charge on any atom is 0.324 e. The van der Waals surface area contributed by atoms with E-state index in [9.17, 15) is 4.79 Å². The normalized spacial score (nSPS) is 27.0. The number of anilines is 1. The molecular weight excluding hydrogens is 388 g/mol. The van der Waals surface area contributed by atoms with Gasteiger partial charge in [-0.15, -0.1) is 0 Å². The highest BCUT2D eigenvalue weighted by atomic mass is 35.5. The van der Waals surface area contributed by atoms with Crippen LogP contribution in [0.2, 0.25) is 0 Å². The van der Waals surface area contributed by atoms with Crippen molar-refractivity contribution in [1.29, 1.82) is 0 Å². The van der Waals surface area contributed by atoms with E-state index >= 15 is 0 Å². The van der Waals surface area contributed by atoms with Crippen LogP contribution in [0.1, 0.15) is 13.3 Å². The van der Waals surface area contributed by atoms with Gasteiger partial charge in [-0.1, -0.05) is 31.2 Å². The third-order valence-electron chi connectivity index (χ3n) is 5.84. The second-order valence-corrected chi connectivity index (χ2v) is 8.50. The molecular formula is C22H27ClN4O2. The summed E-state index contributed by atoms with van der Waals surface area (Å²) in [6.07, 6.45) is 8.00. The lowest BCUT2D eigenvalue weighted by Crippen LogP contribution is -2.74. The minimum atomic E-state index is -0.0483. The fourth-order valence-corrected chi connectivity index (χ4v) is 4.40. The largest absolute Gasteiger partial charge is 0.375 e. The lowest BCUT2D eigenvalue weighted by Gasteiger charge is -2.61. The topological polar surface area (TPSA) is 48.9 Å². The first-order valence-electron chi connectivity index (χ1n) is 10.1.